The van der Waals surface area contributed by atoms with Gasteiger partial charge in [-0.05, 0) is 23.8 Å². The number of hydrogen-bond acceptors (Lipinski definition) is 1. The molecule has 0 spiro atoms. The highest BCUT2D eigenvalue weighted by molar-refractivity contribution is 5.69. The van der Waals surface area contributed by atoms with Crippen molar-refractivity contribution in [1.82, 2.24) is 0 Å². The molecule has 0 atom stereocenters. The van der Waals surface area contributed by atoms with E-state index >= 15 is 0 Å². The fourth-order valence-electron chi connectivity index (χ4n) is 1.85. The first kappa shape index (κ1) is 15.2. The minimum Gasteiger partial charge on any atom is -0.406 e. The molecule has 7 heteroatoms. The van der Waals surface area contributed by atoms with E-state index in [1.165, 1.54) is 0 Å². The highest BCUT2D eigenvalue weighted by atomic mass is 19.4. The average Bonchev–Trinajstić information content (AvgIpc) is 2.37. The topological polar surface area (TPSA) is 9.23 Å². The molecule has 0 aliphatic carbocycles. The third kappa shape index (κ3) is 3.68. The molecule has 21 heavy (non-hydrogen) atoms. The van der Waals surface area contributed by atoms with Gasteiger partial charge < -0.3 is 4.74 Å². The summed E-state index contributed by atoms with van der Waals surface area (Å²) in [5.41, 5.74) is -0.830. The molecule has 1 nitrogen and oxygen atoms in total. The van der Waals surface area contributed by atoms with Crippen molar-refractivity contribution in [2.45, 2.75) is 12.8 Å². The Morgan fingerprint density at radius 3 is 2.05 bits per heavy atom. The first-order valence-electron chi connectivity index (χ1n) is 5.70. The lowest BCUT2D eigenvalue weighted by atomic mass is 9.99. The second kappa shape index (κ2) is 5.67. The Kier molecular flexibility index (Phi) is 4.11. The van der Waals surface area contributed by atoms with Crippen LogP contribution in [0.4, 0.5) is 26.3 Å². The molecule has 0 saturated heterocycles. The summed E-state index contributed by atoms with van der Waals surface area (Å²) in [5.74, 6) is -1.39. The molecule has 0 heterocycles. The maximum Gasteiger partial charge on any atom is 0.573 e. The van der Waals surface area contributed by atoms with E-state index in [4.69, 9.17) is 0 Å². The molecule has 0 aliphatic rings. The van der Waals surface area contributed by atoms with Crippen LogP contribution in [-0.4, -0.2) is 6.36 Å². The molecule has 2 aromatic rings. The SMILES string of the molecule is Fc1cccc(C(F)F)c1-c1ccc(OC(F)(F)F)cc1. The van der Waals surface area contributed by atoms with Gasteiger partial charge in [-0.1, -0.05) is 24.3 Å². The summed E-state index contributed by atoms with van der Waals surface area (Å²) < 4.78 is 79.1. The summed E-state index contributed by atoms with van der Waals surface area (Å²) in [6.07, 6.45) is -7.75. The highest BCUT2D eigenvalue weighted by Crippen LogP contribution is 2.34. The van der Waals surface area contributed by atoms with Gasteiger partial charge in [0.05, 0.1) is 0 Å². The summed E-state index contributed by atoms with van der Waals surface area (Å²) in [7, 11) is 0. The van der Waals surface area contributed by atoms with Crippen LogP contribution in [0.15, 0.2) is 42.5 Å². The van der Waals surface area contributed by atoms with Crippen molar-refractivity contribution in [3.05, 3.63) is 53.8 Å². The van der Waals surface area contributed by atoms with Gasteiger partial charge in [-0.2, -0.15) is 0 Å². The summed E-state index contributed by atoms with van der Waals surface area (Å²) in [6, 6.07) is 7.25. The third-order valence-corrected chi connectivity index (χ3v) is 2.66. The molecule has 0 N–H and O–H groups in total. The van der Waals surface area contributed by atoms with Crippen LogP contribution < -0.4 is 4.74 Å². The summed E-state index contributed by atoms with van der Waals surface area (Å²) >= 11 is 0. The number of ether oxygens (including phenoxy) is 1. The van der Waals surface area contributed by atoms with Crippen molar-refractivity contribution in [2.24, 2.45) is 0 Å². The van der Waals surface area contributed by atoms with E-state index in [2.05, 4.69) is 4.74 Å². The van der Waals surface area contributed by atoms with Gasteiger partial charge in [-0.25, -0.2) is 13.2 Å². The second-order valence-corrected chi connectivity index (χ2v) is 4.08. The van der Waals surface area contributed by atoms with Crippen LogP contribution in [-0.2, 0) is 0 Å². The van der Waals surface area contributed by atoms with E-state index in [0.29, 0.717) is 0 Å². The Morgan fingerprint density at radius 2 is 1.52 bits per heavy atom. The summed E-state index contributed by atoms with van der Waals surface area (Å²) in [5, 5.41) is 0. The van der Waals surface area contributed by atoms with Crippen molar-refractivity contribution >= 4 is 0 Å². The Balaban J connectivity index is 2.40. The quantitative estimate of drug-likeness (QED) is 0.696. The average molecular weight is 306 g/mol. The Morgan fingerprint density at radius 1 is 0.905 bits per heavy atom. The number of alkyl halides is 5. The maximum atomic E-state index is 13.7. The Hall–Kier alpha value is -2.18. The molecule has 2 aromatic carbocycles. The van der Waals surface area contributed by atoms with E-state index in [0.717, 1.165) is 42.5 Å². The van der Waals surface area contributed by atoms with Gasteiger partial charge in [0.15, 0.2) is 0 Å². The molecular weight excluding hydrogens is 298 g/mol. The molecule has 0 fully saturated rings. The van der Waals surface area contributed by atoms with Gasteiger partial charge in [0.2, 0.25) is 0 Å². The van der Waals surface area contributed by atoms with Crippen molar-refractivity contribution in [1.29, 1.82) is 0 Å². The molecule has 0 aromatic heterocycles. The van der Waals surface area contributed by atoms with Crippen LogP contribution in [0.25, 0.3) is 11.1 Å². The van der Waals surface area contributed by atoms with Crippen LogP contribution in [0.3, 0.4) is 0 Å². The van der Waals surface area contributed by atoms with Gasteiger partial charge in [0, 0.05) is 11.1 Å². The van der Waals surface area contributed by atoms with E-state index in [9.17, 15) is 26.3 Å². The first-order chi connectivity index (χ1) is 9.78. The predicted molar refractivity (Wildman–Crippen MR) is 63.5 cm³/mol. The molecule has 2 rings (SSSR count). The summed E-state index contributed by atoms with van der Waals surface area (Å²) in [6.45, 7) is 0. The molecule has 0 saturated carbocycles. The van der Waals surface area contributed by atoms with Crippen molar-refractivity contribution < 1.29 is 31.1 Å². The Bertz CT molecular complexity index is 618. The standard InChI is InChI=1S/C14H8F6O/c15-11-3-1-2-10(13(16)17)12(11)8-4-6-9(7-5-8)21-14(18,19)20/h1-7,13H. The Labute approximate surface area is 115 Å². The van der Waals surface area contributed by atoms with Crippen LogP contribution in [0.2, 0.25) is 0 Å². The van der Waals surface area contributed by atoms with Crippen LogP contribution >= 0.6 is 0 Å². The number of rotatable bonds is 3. The summed E-state index contributed by atoms with van der Waals surface area (Å²) in [4.78, 5) is 0. The molecule has 0 aliphatic heterocycles. The fraction of sp³-hybridized carbons (Fsp3) is 0.143. The predicted octanol–water partition coefficient (Wildman–Crippen LogP) is 5.33. The third-order valence-electron chi connectivity index (χ3n) is 2.66. The molecule has 112 valence electrons. The van der Waals surface area contributed by atoms with Gasteiger partial charge in [0.25, 0.3) is 6.43 Å². The molecule has 0 unspecified atom stereocenters. The normalized spacial score (nSPS) is 11.8. The zero-order chi connectivity index (χ0) is 15.6. The van der Waals surface area contributed by atoms with Gasteiger partial charge in [-0.3, -0.25) is 0 Å². The van der Waals surface area contributed by atoms with Crippen LogP contribution in [0.5, 0.6) is 5.75 Å². The number of halogens is 6. The van der Waals surface area contributed by atoms with Gasteiger partial charge in [-0.15, -0.1) is 13.2 Å². The maximum absolute atomic E-state index is 13.7. The lowest BCUT2D eigenvalue weighted by Gasteiger charge is -2.12. The number of benzene rings is 2. The van der Waals surface area contributed by atoms with E-state index in [1.807, 2.05) is 0 Å². The first-order valence-corrected chi connectivity index (χ1v) is 5.70. The molecular formula is C14H8F6O. The largest absolute Gasteiger partial charge is 0.573 e. The molecule has 0 bridgehead atoms. The van der Waals surface area contributed by atoms with Gasteiger partial charge in [0.1, 0.15) is 11.6 Å². The van der Waals surface area contributed by atoms with E-state index in [1.54, 1.807) is 0 Å². The van der Waals surface area contributed by atoms with E-state index in [-0.39, 0.29) is 11.1 Å². The van der Waals surface area contributed by atoms with E-state index < -0.39 is 29.9 Å². The van der Waals surface area contributed by atoms with Gasteiger partial charge >= 0.3 is 6.36 Å². The van der Waals surface area contributed by atoms with Crippen molar-refractivity contribution in [3.63, 3.8) is 0 Å². The molecule has 0 amide bonds. The fourth-order valence-corrected chi connectivity index (χ4v) is 1.85. The minimum absolute atomic E-state index is 0.0397. The zero-order valence-electron chi connectivity index (χ0n) is 10.3. The van der Waals surface area contributed by atoms with Crippen molar-refractivity contribution in [2.75, 3.05) is 0 Å². The van der Waals surface area contributed by atoms with Crippen molar-refractivity contribution in [3.8, 4) is 16.9 Å². The highest BCUT2D eigenvalue weighted by Gasteiger charge is 2.31. The lowest BCUT2D eigenvalue weighted by Crippen LogP contribution is -2.16. The van der Waals surface area contributed by atoms with Crippen LogP contribution in [0.1, 0.15) is 12.0 Å². The smallest absolute Gasteiger partial charge is 0.406 e. The second-order valence-electron chi connectivity index (χ2n) is 4.08. The zero-order valence-corrected chi connectivity index (χ0v) is 10.3. The lowest BCUT2D eigenvalue weighted by molar-refractivity contribution is -0.274. The minimum atomic E-state index is -4.85. The number of hydrogen-bond donors (Lipinski definition) is 0. The monoisotopic (exact) mass is 306 g/mol. The molecule has 0 radical (unpaired) electrons. The van der Waals surface area contributed by atoms with Crippen LogP contribution in [0, 0.1) is 5.82 Å².